The zero-order valence-corrected chi connectivity index (χ0v) is 29.3. The Hall–Kier alpha value is -6.40. The van der Waals surface area contributed by atoms with Gasteiger partial charge in [-0.05, 0) is 176 Å². The number of hydrogen-bond acceptors (Lipinski definition) is 6. The Morgan fingerprint density at radius 2 is 0.870 bits per heavy atom. The van der Waals surface area contributed by atoms with E-state index in [1.165, 1.54) is 33.4 Å². The molecule has 54 heavy (non-hydrogen) atoms. The second-order valence-electron chi connectivity index (χ2n) is 15.3. The first-order valence-electron chi connectivity index (χ1n) is 18.5. The van der Waals surface area contributed by atoms with Crippen LogP contribution in [0.15, 0.2) is 133 Å². The number of rotatable bonds is 6. The van der Waals surface area contributed by atoms with E-state index in [9.17, 15) is 30.6 Å². The van der Waals surface area contributed by atoms with Crippen LogP contribution in [0.1, 0.15) is 73.7 Å². The standard InChI is InChI=1S/C48H38O6/c49-28-7-1-25(2-8-28)19-40-37-22-31(52)13-16-34(37)43-46(40)44-35-17-14-32(53)23-38(35)41(20-26-3-9-29(50)10-4-26)48(44)45-36-18-15-33(54)24-39(36)42(47(43)45)21-27-5-11-30(51)12-6-27/h1-18,22-24,34,37,40-42,49-54H,19-21H2. The van der Waals surface area contributed by atoms with Crippen LogP contribution in [0, 0.1) is 5.92 Å². The van der Waals surface area contributed by atoms with Crippen molar-refractivity contribution in [1.29, 1.82) is 0 Å². The molecule has 0 saturated carbocycles. The second kappa shape index (κ2) is 12.1. The molecule has 0 aromatic heterocycles. The molecule has 6 aromatic rings. The lowest BCUT2D eigenvalue weighted by molar-refractivity contribution is 0.402. The van der Waals surface area contributed by atoms with Crippen molar-refractivity contribution < 1.29 is 30.6 Å². The quantitative estimate of drug-likeness (QED) is 0.102. The van der Waals surface area contributed by atoms with Gasteiger partial charge in [0, 0.05) is 17.8 Å². The maximum absolute atomic E-state index is 11.0. The van der Waals surface area contributed by atoms with Gasteiger partial charge in [0.05, 0.1) is 0 Å². The molecule has 266 valence electrons. The predicted molar refractivity (Wildman–Crippen MR) is 209 cm³/mol. The zero-order chi connectivity index (χ0) is 36.8. The molecule has 4 aliphatic carbocycles. The van der Waals surface area contributed by atoms with Crippen LogP contribution in [-0.2, 0) is 19.3 Å². The average Bonchev–Trinajstić information content (AvgIpc) is 3.76. The molecule has 0 bridgehead atoms. The molecule has 0 spiro atoms. The lowest BCUT2D eigenvalue weighted by atomic mass is 9.77. The van der Waals surface area contributed by atoms with E-state index in [4.69, 9.17) is 0 Å². The summed E-state index contributed by atoms with van der Waals surface area (Å²) >= 11 is 0. The van der Waals surface area contributed by atoms with E-state index in [1.807, 2.05) is 66.7 Å². The molecular weight excluding hydrogens is 673 g/mol. The third-order valence-corrected chi connectivity index (χ3v) is 12.3. The van der Waals surface area contributed by atoms with Crippen LogP contribution in [0.5, 0.6) is 28.7 Å². The van der Waals surface area contributed by atoms with Crippen molar-refractivity contribution in [3.8, 4) is 51.0 Å². The highest BCUT2D eigenvalue weighted by Gasteiger charge is 2.50. The van der Waals surface area contributed by atoms with Crippen LogP contribution in [-0.4, -0.2) is 30.6 Å². The van der Waals surface area contributed by atoms with Crippen molar-refractivity contribution in [3.63, 3.8) is 0 Å². The Balaban J connectivity index is 1.30. The van der Waals surface area contributed by atoms with Gasteiger partial charge in [0.15, 0.2) is 0 Å². The summed E-state index contributed by atoms with van der Waals surface area (Å²) in [4.78, 5) is 0. The fraction of sp³-hybridized carbons (Fsp3) is 0.167. The fourth-order valence-corrected chi connectivity index (χ4v) is 10.1. The van der Waals surface area contributed by atoms with Crippen molar-refractivity contribution in [2.75, 3.05) is 0 Å². The van der Waals surface area contributed by atoms with Gasteiger partial charge in [0.25, 0.3) is 0 Å². The number of aromatic hydroxyl groups is 5. The minimum absolute atomic E-state index is 0.0267. The highest BCUT2D eigenvalue weighted by atomic mass is 16.3. The summed E-state index contributed by atoms with van der Waals surface area (Å²) in [5.41, 5.74) is 14.7. The van der Waals surface area contributed by atoms with E-state index in [2.05, 4.69) is 12.1 Å². The highest BCUT2D eigenvalue weighted by Crippen LogP contribution is 2.66. The van der Waals surface area contributed by atoms with Crippen molar-refractivity contribution in [1.82, 2.24) is 0 Å². The fourth-order valence-electron chi connectivity index (χ4n) is 10.1. The second-order valence-corrected chi connectivity index (χ2v) is 15.3. The summed E-state index contributed by atoms with van der Waals surface area (Å²) < 4.78 is 0. The first kappa shape index (κ1) is 32.3. The Labute approximate surface area is 312 Å². The van der Waals surface area contributed by atoms with Gasteiger partial charge in [-0.25, -0.2) is 0 Å². The van der Waals surface area contributed by atoms with Crippen molar-refractivity contribution >= 4 is 0 Å². The van der Waals surface area contributed by atoms with Crippen LogP contribution in [0.2, 0.25) is 0 Å². The Bertz CT molecular complexity index is 2550. The summed E-state index contributed by atoms with van der Waals surface area (Å²) in [7, 11) is 0. The van der Waals surface area contributed by atoms with Gasteiger partial charge in [-0.1, -0.05) is 54.6 Å². The normalized spacial score (nSPS) is 21.1. The summed E-state index contributed by atoms with van der Waals surface area (Å²) in [5, 5.41) is 63.6. The smallest absolute Gasteiger partial charge is 0.115 e. The van der Waals surface area contributed by atoms with Crippen LogP contribution in [0.3, 0.4) is 0 Å². The van der Waals surface area contributed by atoms with Crippen LogP contribution in [0.25, 0.3) is 22.3 Å². The van der Waals surface area contributed by atoms with Crippen molar-refractivity contribution in [3.05, 3.63) is 183 Å². The summed E-state index contributed by atoms with van der Waals surface area (Å²) in [5.74, 6) is 0.934. The zero-order valence-electron chi connectivity index (χ0n) is 29.3. The van der Waals surface area contributed by atoms with Crippen molar-refractivity contribution in [2.45, 2.75) is 42.9 Å². The van der Waals surface area contributed by atoms with Gasteiger partial charge in [-0.15, -0.1) is 0 Å². The Kier molecular flexibility index (Phi) is 7.21. The van der Waals surface area contributed by atoms with E-state index in [1.54, 1.807) is 48.5 Å². The number of benzene rings is 6. The van der Waals surface area contributed by atoms with Gasteiger partial charge in [-0.2, -0.15) is 0 Å². The number of aliphatic hydroxyl groups is 1. The van der Waals surface area contributed by atoms with E-state index >= 15 is 0 Å². The molecule has 5 unspecified atom stereocenters. The molecule has 0 heterocycles. The molecule has 0 radical (unpaired) electrons. The molecule has 0 fully saturated rings. The minimum atomic E-state index is -0.129. The monoisotopic (exact) mass is 710 g/mol. The summed E-state index contributed by atoms with van der Waals surface area (Å²) in [6, 6.07) is 33.6. The average molecular weight is 711 g/mol. The molecule has 6 heteroatoms. The van der Waals surface area contributed by atoms with Gasteiger partial charge in [-0.3, -0.25) is 0 Å². The molecule has 4 aliphatic rings. The third-order valence-electron chi connectivity index (χ3n) is 12.3. The van der Waals surface area contributed by atoms with E-state index in [0.717, 1.165) is 38.9 Å². The minimum Gasteiger partial charge on any atom is -0.508 e. The lowest BCUT2D eigenvalue weighted by Crippen LogP contribution is -2.14. The van der Waals surface area contributed by atoms with Gasteiger partial charge >= 0.3 is 0 Å². The largest absolute Gasteiger partial charge is 0.508 e. The number of fused-ring (bicyclic) bond motifs is 12. The van der Waals surface area contributed by atoms with Crippen LogP contribution < -0.4 is 0 Å². The molecule has 0 aliphatic heterocycles. The number of hydrogen-bond donors (Lipinski definition) is 6. The van der Waals surface area contributed by atoms with Gasteiger partial charge in [0.1, 0.15) is 34.5 Å². The molecule has 0 amide bonds. The Morgan fingerprint density at radius 1 is 0.426 bits per heavy atom. The molecule has 0 saturated heterocycles. The molecule has 5 atom stereocenters. The summed E-state index contributed by atoms with van der Waals surface area (Å²) in [6.45, 7) is 0. The SMILES string of the molecule is OC1=CC2C(C=C1)c1c3c(c4c(c1C2Cc1ccc(O)cc1)-c1ccc(O)cc1C4Cc1ccc(O)cc1)-c1ccc(O)cc1C3Cc1ccc(O)cc1. The topological polar surface area (TPSA) is 121 Å². The number of phenolic OH excluding ortho intramolecular Hbond substituents is 5. The van der Waals surface area contributed by atoms with E-state index in [-0.39, 0.29) is 64.1 Å². The number of phenols is 5. The molecular formula is C48H38O6. The number of aliphatic hydroxyl groups excluding tert-OH is 1. The highest BCUT2D eigenvalue weighted by molar-refractivity contribution is 5.97. The van der Waals surface area contributed by atoms with Gasteiger partial charge < -0.3 is 30.6 Å². The van der Waals surface area contributed by atoms with Crippen LogP contribution >= 0.6 is 0 Å². The molecule has 10 rings (SSSR count). The van der Waals surface area contributed by atoms with Crippen molar-refractivity contribution in [2.24, 2.45) is 5.92 Å². The molecule has 6 nitrogen and oxygen atoms in total. The van der Waals surface area contributed by atoms with E-state index in [0.29, 0.717) is 19.3 Å². The maximum Gasteiger partial charge on any atom is 0.115 e. The van der Waals surface area contributed by atoms with E-state index < -0.39 is 0 Å². The first-order chi connectivity index (χ1) is 26.2. The van der Waals surface area contributed by atoms with Crippen LogP contribution in [0.4, 0.5) is 0 Å². The number of allylic oxidation sites excluding steroid dienone is 3. The Morgan fingerprint density at radius 3 is 1.39 bits per heavy atom. The first-order valence-corrected chi connectivity index (χ1v) is 18.5. The van der Waals surface area contributed by atoms with Gasteiger partial charge in [0.2, 0.25) is 0 Å². The molecule has 6 aromatic carbocycles. The summed E-state index contributed by atoms with van der Waals surface area (Å²) in [6.07, 6.45) is 7.95. The molecule has 6 N–H and O–H groups in total. The maximum atomic E-state index is 11.0. The predicted octanol–water partition coefficient (Wildman–Crippen LogP) is 9.98. The lowest BCUT2D eigenvalue weighted by Gasteiger charge is -2.26. The third kappa shape index (κ3) is 5.01.